The van der Waals surface area contributed by atoms with Crippen molar-refractivity contribution in [2.75, 3.05) is 6.54 Å². The summed E-state index contributed by atoms with van der Waals surface area (Å²) in [6, 6.07) is 9.18. The SMILES string of the molecule is NC(N)=[NH+]CCCC([NH3+])C(=O)[O-].O=C([O-])CCCc1ccccc1.[CH3-].[Y]. The van der Waals surface area contributed by atoms with Crippen LogP contribution in [-0.4, -0.2) is 30.5 Å². The van der Waals surface area contributed by atoms with Gasteiger partial charge in [-0.15, -0.1) is 0 Å². The van der Waals surface area contributed by atoms with Crippen molar-refractivity contribution in [3.8, 4) is 0 Å². The molecule has 8 N–H and O–H groups in total. The van der Waals surface area contributed by atoms with Crippen molar-refractivity contribution in [3.05, 3.63) is 43.3 Å². The molecule has 0 bridgehead atoms. The molecule has 0 amide bonds. The molecule has 0 aliphatic rings. The number of benzene rings is 1. The Morgan fingerprint density at radius 3 is 2.15 bits per heavy atom. The van der Waals surface area contributed by atoms with Crippen LogP contribution >= 0.6 is 0 Å². The Balaban J connectivity index is -0.000000378. The number of aliphatic carboxylic acids is 2. The summed E-state index contributed by atoms with van der Waals surface area (Å²) < 4.78 is 0. The van der Waals surface area contributed by atoms with Gasteiger partial charge in [-0.05, 0) is 31.2 Å². The third kappa shape index (κ3) is 18.8. The molecule has 1 aromatic rings. The molecule has 1 radical (unpaired) electrons. The van der Waals surface area contributed by atoms with Crippen molar-refractivity contribution in [1.29, 1.82) is 0 Å². The quantitative estimate of drug-likeness (QED) is 0.130. The minimum Gasteiger partial charge on any atom is -0.550 e. The number of quaternary nitrogens is 1. The average Bonchev–Trinajstić information content (AvgIpc) is 2.52. The van der Waals surface area contributed by atoms with Gasteiger partial charge in [0.2, 0.25) is 0 Å². The Morgan fingerprint density at radius 1 is 1.12 bits per heavy atom. The van der Waals surface area contributed by atoms with Crippen molar-refractivity contribution >= 4 is 17.9 Å². The summed E-state index contributed by atoms with van der Waals surface area (Å²) in [5.74, 6) is -1.95. The summed E-state index contributed by atoms with van der Waals surface area (Å²) in [4.78, 5) is 22.9. The predicted molar refractivity (Wildman–Crippen MR) is 90.9 cm³/mol. The summed E-state index contributed by atoms with van der Waals surface area (Å²) in [5.41, 5.74) is 14.8. The number of guanidine groups is 1. The molecule has 1 unspecified atom stereocenters. The third-order valence-corrected chi connectivity index (χ3v) is 3.08. The molecule has 1 rings (SSSR count). The van der Waals surface area contributed by atoms with Crippen LogP contribution in [0.25, 0.3) is 0 Å². The van der Waals surface area contributed by atoms with Gasteiger partial charge in [0.15, 0.2) is 0 Å². The third-order valence-electron chi connectivity index (χ3n) is 3.08. The molecule has 0 aromatic heterocycles. The normalized spacial score (nSPS) is 10.0. The Labute approximate surface area is 180 Å². The summed E-state index contributed by atoms with van der Waals surface area (Å²) in [5, 5.41) is 20.3. The number of carbonyl (C=O) groups is 2. The minimum atomic E-state index is -1.13. The molecule has 0 saturated carbocycles. The summed E-state index contributed by atoms with van der Waals surface area (Å²) in [6.45, 7) is 0.557. The van der Waals surface area contributed by atoms with E-state index in [1.807, 2.05) is 30.3 Å². The van der Waals surface area contributed by atoms with Gasteiger partial charge in [-0.2, -0.15) is 0 Å². The van der Waals surface area contributed by atoms with Crippen LogP contribution in [0.5, 0.6) is 0 Å². The Bertz CT molecular complexity index is 523. The van der Waals surface area contributed by atoms with Crippen LogP contribution in [0.3, 0.4) is 0 Å². The standard InChI is InChI=1S/C10H12O2.C6H14N4O2.CH3.Y/c11-10(12)8-4-7-9-5-2-1-3-6-9;7-4(5(11)12)2-1-3-10-6(8)9;;/h1-3,5-6H,4,7-8H2,(H,11,12);4H,1-3,7H2,(H,11,12)(H4,8,9,10);1H3;/q;;-1;. The van der Waals surface area contributed by atoms with Crippen LogP contribution in [0.1, 0.15) is 31.2 Å². The van der Waals surface area contributed by atoms with Crippen LogP contribution < -0.4 is 32.4 Å². The minimum absolute atomic E-state index is 0. The molecule has 8 nitrogen and oxygen atoms in total. The first kappa shape index (κ1) is 29.3. The number of rotatable bonds is 9. The molecule has 0 heterocycles. The van der Waals surface area contributed by atoms with E-state index in [1.165, 1.54) is 5.56 Å². The Kier molecular flexibility index (Phi) is 20.6. The fraction of sp³-hybridized carbons (Fsp3) is 0.412. The van der Waals surface area contributed by atoms with E-state index in [1.54, 1.807) is 0 Å². The first-order valence-corrected chi connectivity index (χ1v) is 7.72. The van der Waals surface area contributed by atoms with Gasteiger partial charge in [-0.25, -0.2) is 0 Å². The molecular formula is C17H29N4O4Y-. The number of hydrogen-bond acceptors (Lipinski definition) is 4. The largest absolute Gasteiger partial charge is 0.550 e. The zero-order valence-corrected chi connectivity index (χ0v) is 18.1. The van der Waals surface area contributed by atoms with Crippen molar-refractivity contribution in [1.82, 2.24) is 0 Å². The fourth-order valence-corrected chi connectivity index (χ4v) is 1.78. The number of carbonyl (C=O) groups excluding carboxylic acids is 2. The molecule has 26 heavy (non-hydrogen) atoms. The second-order valence-corrected chi connectivity index (χ2v) is 5.25. The van der Waals surface area contributed by atoms with E-state index in [0.29, 0.717) is 25.8 Å². The molecule has 1 aromatic carbocycles. The predicted octanol–water partition coefficient (Wildman–Crippen LogP) is -4.31. The fourth-order valence-electron chi connectivity index (χ4n) is 1.78. The maximum Gasteiger partial charge on any atom is 0.338 e. The average molecular weight is 442 g/mol. The molecule has 145 valence electrons. The number of carboxylic acid groups (broad SMARTS) is 2. The van der Waals surface area contributed by atoms with Gasteiger partial charge in [0.05, 0.1) is 12.5 Å². The number of nitrogens with one attached hydrogen (secondary N) is 1. The molecular weight excluding hydrogens is 413 g/mol. The molecule has 0 aliphatic carbocycles. The molecule has 9 heteroatoms. The Morgan fingerprint density at radius 2 is 1.69 bits per heavy atom. The van der Waals surface area contributed by atoms with Gasteiger partial charge < -0.3 is 33.0 Å². The van der Waals surface area contributed by atoms with E-state index in [2.05, 4.69) is 10.7 Å². The van der Waals surface area contributed by atoms with Crippen molar-refractivity contribution in [2.24, 2.45) is 11.5 Å². The Hall–Kier alpha value is -1.51. The van der Waals surface area contributed by atoms with Crippen molar-refractivity contribution in [3.63, 3.8) is 0 Å². The van der Waals surface area contributed by atoms with Crippen LogP contribution in [0.4, 0.5) is 0 Å². The van der Waals surface area contributed by atoms with Crippen LogP contribution in [0, 0.1) is 7.43 Å². The molecule has 0 spiro atoms. The maximum atomic E-state index is 10.2. The first-order chi connectivity index (χ1) is 11.3. The maximum absolute atomic E-state index is 10.2. The summed E-state index contributed by atoms with van der Waals surface area (Å²) in [7, 11) is 0. The smallest absolute Gasteiger partial charge is 0.338 e. The number of carboxylic acids is 2. The second kappa shape index (κ2) is 18.3. The van der Waals surface area contributed by atoms with Gasteiger partial charge in [-0.3, -0.25) is 16.5 Å². The van der Waals surface area contributed by atoms with E-state index < -0.39 is 18.0 Å². The van der Waals surface area contributed by atoms with Crippen LogP contribution in [-0.2, 0) is 48.7 Å². The second-order valence-electron chi connectivity index (χ2n) is 5.25. The molecule has 0 saturated heterocycles. The zero-order valence-electron chi connectivity index (χ0n) is 15.3. The zero-order chi connectivity index (χ0) is 18.4. The van der Waals surface area contributed by atoms with E-state index in [9.17, 15) is 19.8 Å². The van der Waals surface area contributed by atoms with E-state index in [-0.39, 0.29) is 52.5 Å². The van der Waals surface area contributed by atoms with Gasteiger partial charge in [0.1, 0.15) is 6.04 Å². The van der Waals surface area contributed by atoms with E-state index in [4.69, 9.17) is 11.5 Å². The van der Waals surface area contributed by atoms with E-state index >= 15 is 0 Å². The molecule has 0 aliphatic heterocycles. The first-order valence-electron chi connectivity index (χ1n) is 7.72. The molecule has 1 atom stereocenters. The van der Waals surface area contributed by atoms with Gasteiger partial charge in [-0.1, -0.05) is 30.3 Å². The molecule has 0 fully saturated rings. The monoisotopic (exact) mass is 442 g/mol. The van der Waals surface area contributed by atoms with Crippen molar-refractivity contribution < 1.29 is 63.2 Å². The van der Waals surface area contributed by atoms with Gasteiger partial charge in [0.25, 0.3) is 0 Å². The number of aryl methyl sites for hydroxylation is 1. The van der Waals surface area contributed by atoms with Crippen molar-refractivity contribution in [2.45, 2.75) is 38.1 Å². The number of hydrogen-bond donors (Lipinski definition) is 4. The van der Waals surface area contributed by atoms with Crippen LogP contribution in [0.2, 0.25) is 0 Å². The topological polar surface area (TPSA) is 174 Å². The van der Waals surface area contributed by atoms with Gasteiger partial charge in [0, 0.05) is 45.1 Å². The van der Waals surface area contributed by atoms with Crippen LogP contribution in [0.15, 0.2) is 30.3 Å². The van der Waals surface area contributed by atoms with Gasteiger partial charge >= 0.3 is 5.96 Å². The summed E-state index contributed by atoms with van der Waals surface area (Å²) in [6.07, 6.45) is 2.73. The number of nitrogens with two attached hydrogens (primary N) is 2. The van der Waals surface area contributed by atoms with E-state index in [0.717, 1.165) is 6.42 Å². The summed E-state index contributed by atoms with van der Waals surface area (Å²) >= 11 is 0.